The van der Waals surface area contributed by atoms with Crippen molar-refractivity contribution in [2.45, 2.75) is 31.8 Å². The van der Waals surface area contributed by atoms with Gasteiger partial charge in [-0.15, -0.1) is 11.3 Å². The molecule has 4 aromatic rings. The van der Waals surface area contributed by atoms with Gasteiger partial charge in [-0.25, -0.2) is 4.98 Å². The zero-order chi connectivity index (χ0) is 21.0. The standard InChI is InChI=1S/C24H25N3O3S/c28-23(17-26(15-19-7-4-12-29-19)16-20-8-5-13-30-20)27-11-3-6-18(14-27)24-25-21-9-1-2-10-22(21)31-24/h1-2,4-5,7-10,12-13,18H,3,6,11,14-17H2/t18-/m1/s1. The van der Waals surface area contributed by atoms with Gasteiger partial charge in [0.25, 0.3) is 0 Å². The molecule has 31 heavy (non-hydrogen) atoms. The first kappa shape index (κ1) is 20.0. The van der Waals surface area contributed by atoms with E-state index in [9.17, 15) is 4.79 Å². The normalized spacial score (nSPS) is 16.9. The van der Waals surface area contributed by atoms with E-state index in [1.165, 1.54) is 4.70 Å². The number of carbonyl (C=O) groups is 1. The molecule has 0 spiro atoms. The number of para-hydroxylation sites is 1. The molecule has 1 aliphatic heterocycles. The van der Waals surface area contributed by atoms with Gasteiger partial charge in [-0.2, -0.15) is 0 Å². The van der Waals surface area contributed by atoms with Crippen LogP contribution in [0.3, 0.4) is 0 Å². The highest BCUT2D eigenvalue weighted by molar-refractivity contribution is 7.18. The molecule has 0 radical (unpaired) electrons. The highest BCUT2D eigenvalue weighted by Gasteiger charge is 2.28. The molecule has 7 heteroatoms. The van der Waals surface area contributed by atoms with Crippen molar-refractivity contribution >= 4 is 27.5 Å². The third-order valence-electron chi connectivity index (χ3n) is 5.71. The van der Waals surface area contributed by atoms with Crippen molar-refractivity contribution in [2.24, 2.45) is 0 Å². The van der Waals surface area contributed by atoms with Crippen molar-refractivity contribution < 1.29 is 13.6 Å². The smallest absolute Gasteiger partial charge is 0.236 e. The van der Waals surface area contributed by atoms with Crippen LogP contribution < -0.4 is 0 Å². The van der Waals surface area contributed by atoms with Crippen molar-refractivity contribution in [2.75, 3.05) is 19.6 Å². The number of fused-ring (bicyclic) bond motifs is 1. The Kier molecular flexibility index (Phi) is 5.86. The molecule has 1 fully saturated rings. The highest BCUT2D eigenvalue weighted by atomic mass is 32.1. The summed E-state index contributed by atoms with van der Waals surface area (Å²) in [4.78, 5) is 22.1. The number of hydrogen-bond acceptors (Lipinski definition) is 6. The zero-order valence-electron chi connectivity index (χ0n) is 17.3. The van der Waals surface area contributed by atoms with E-state index in [4.69, 9.17) is 13.8 Å². The van der Waals surface area contributed by atoms with Gasteiger partial charge in [-0.1, -0.05) is 12.1 Å². The zero-order valence-corrected chi connectivity index (χ0v) is 18.1. The van der Waals surface area contributed by atoms with Gasteiger partial charge >= 0.3 is 0 Å². The molecule has 0 saturated carbocycles. The first-order valence-corrected chi connectivity index (χ1v) is 11.5. The first-order chi connectivity index (χ1) is 15.2. The molecule has 0 N–H and O–H groups in total. The Hall–Kier alpha value is -2.90. The maximum absolute atomic E-state index is 13.2. The van der Waals surface area contributed by atoms with Gasteiger partial charge in [-0.05, 0) is 49.2 Å². The summed E-state index contributed by atoms with van der Waals surface area (Å²) in [7, 11) is 0. The summed E-state index contributed by atoms with van der Waals surface area (Å²) in [6, 6.07) is 15.9. The summed E-state index contributed by atoms with van der Waals surface area (Å²) in [6.45, 7) is 2.99. The molecule has 5 rings (SSSR count). The number of hydrogen-bond donors (Lipinski definition) is 0. The molecule has 0 bridgehead atoms. The molecule has 1 aromatic carbocycles. The number of piperidine rings is 1. The average molecular weight is 436 g/mol. The van der Waals surface area contributed by atoms with E-state index >= 15 is 0 Å². The van der Waals surface area contributed by atoms with Gasteiger partial charge in [0.2, 0.25) is 5.91 Å². The van der Waals surface area contributed by atoms with E-state index in [-0.39, 0.29) is 5.91 Å². The predicted molar refractivity (Wildman–Crippen MR) is 120 cm³/mol. The fraction of sp³-hybridized carbons (Fsp3) is 0.333. The second kappa shape index (κ2) is 9.08. The number of aromatic nitrogens is 1. The molecule has 0 unspecified atom stereocenters. The second-order valence-electron chi connectivity index (χ2n) is 8.00. The van der Waals surface area contributed by atoms with E-state index < -0.39 is 0 Å². The maximum Gasteiger partial charge on any atom is 0.236 e. The van der Waals surface area contributed by atoms with Crippen LogP contribution in [0.5, 0.6) is 0 Å². The van der Waals surface area contributed by atoms with Crippen LogP contribution in [0, 0.1) is 0 Å². The lowest BCUT2D eigenvalue weighted by Crippen LogP contribution is -2.44. The summed E-state index contributed by atoms with van der Waals surface area (Å²) in [5, 5.41) is 1.14. The molecule has 0 aliphatic carbocycles. The Morgan fingerprint density at radius 2 is 1.81 bits per heavy atom. The molecule has 1 aliphatic rings. The lowest BCUT2D eigenvalue weighted by Gasteiger charge is -2.33. The third-order valence-corrected chi connectivity index (χ3v) is 6.91. The average Bonchev–Trinajstić information content (AvgIpc) is 3.55. The van der Waals surface area contributed by atoms with Crippen LogP contribution in [-0.4, -0.2) is 40.3 Å². The van der Waals surface area contributed by atoms with Crippen molar-refractivity contribution in [3.63, 3.8) is 0 Å². The van der Waals surface area contributed by atoms with E-state index in [1.54, 1.807) is 23.9 Å². The first-order valence-electron chi connectivity index (χ1n) is 10.6. The van der Waals surface area contributed by atoms with Crippen molar-refractivity contribution in [3.8, 4) is 0 Å². The molecular formula is C24H25N3O3S. The van der Waals surface area contributed by atoms with E-state index in [1.807, 2.05) is 41.3 Å². The number of rotatable bonds is 7. The Morgan fingerprint density at radius 3 is 2.48 bits per heavy atom. The maximum atomic E-state index is 13.2. The van der Waals surface area contributed by atoms with Crippen molar-refractivity contribution in [1.29, 1.82) is 0 Å². The quantitative estimate of drug-likeness (QED) is 0.414. The summed E-state index contributed by atoms with van der Waals surface area (Å²) >= 11 is 1.75. The van der Waals surface area contributed by atoms with Crippen LogP contribution in [-0.2, 0) is 17.9 Å². The number of carbonyl (C=O) groups excluding carboxylic acids is 1. The van der Waals surface area contributed by atoms with Gasteiger partial charge in [0.15, 0.2) is 0 Å². The second-order valence-corrected chi connectivity index (χ2v) is 9.06. The fourth-order valence-corrected chi connectivity index (χ4v) is 5.27. The SMILES string of the molecule is O=C(CN(Cc1ccco1)Cc1ccco1)N1CCC[C@@H](c2nc3ccccc3s2)C1. The van der Waals surface area contributed by atoms with Crippen LogP contribution in [0.4, 0.5) is 0 Å². The molecule has 1 atom stereocenters. The fourth-order valence-electron chi connectivity index (χ4n) is 4.17. The van der Waals surface area contributed by atoms with Gasteiger partial charge in [0.1, 0.15) is 11.5 Å². The Morgan fingerprint density at radius 1 is 1.06 bits per heavy atom. The minimum Gasteiger partial charge on any atom is -0.468 e. The number of benzene rings is 1. The number of nitrogens with zero attached hydrogens (tertiary/aromatic N) is 3. The van der Waals surface area contributed by atoms with Gasteiger partial charge in [0.05, 0.1) is 47.4 Å². The molecule has 3 aromatic heterocycles. The van der Waals surface area contributed by atoms with Crippen molar-refractivity contribution in [1.82, 2.24) is 14.8 Å². The molecular weight excluding hydrogens is 410 g/mol. The topological polar surface area (TPSA) is 62.7 Å². The minimum atomic E-state index is 0.143. The van der Waals surface area contributed by atoms with E-state index in [0.29, 0.717) is 25.6 Å². The Balaban J connectivity index is 1.27. The van der Waals surface area contributed by atoms with Gasteiger partial charge in [-0.3, -0.25) is 9.69 Å². The number of likely N-dealkylation sites (tertiary alicyclic amines) is 1. The Bertz CT molecular complexity index is 1050. The summed E-state index contributed by atoms with van der Waals surface area (Å²) in [5.41, 5.74) is 1.05. The van der Waals surface area contributed by atoms with Crippen LogP contribution >= 0.6 is 11.3 Å². The summed E-state index contributed by atoms with van der Waals surface area (Å²) < 4.78 is 12.2. The molecule has 6 nitrogen and oxygen atoms in total. The minimum absolute atomic E-state index is 0.143. The molecule has 1 saturated heterocycles. The Labute approximate surface area is 185 Å². The largest absolute Gasteiger partial charge is 0.468 e. The van der Waals surface area contributed by atoms with E-state index in [0.717, 1.165) is 48.0 Å². The van der Waals surface area contributed by atoms with Crippen LogP contribution in [0.15, 0.2) is 69.9 Å². The monoisotopic (exact) mass is 435 g/mol. The molecule has 4 heterocycles. The van der Waals surface area contributed by atoms with Gasteiger partial charge < -0.3 is 13.7 Å². The number of amides is 1. The lowest BCUT2D eigenvalue weighted by molar-refractivity contribution is -0.134. The summed E-state index contributed by atoms with van der Waals surface area (Å²) in [5.74, 6) is 2.12. The van der Waals surface area contributed by atoms with Crippen LogP contribution in [0.25, 0.3) is 10.2 Å². The predicted octanol–water partition coefficient (Wildman–Crippen LogP) is 4.89. The van der Waals surface area contributed by atoms with Gasteiger partial charge in [0, 0.05) is 19.0 Å². The van der Waals surface area contributed by atoms with Crippen molar-refractivity contribution in [3.05, 3.63) is 77.6 Å². The number of thiazole rings is 1. The third kappa shape index (κ3) is 4.73. The van der Waals surface area contributed by atoms with Crippen LogP contribution in [0.2, 0.25) is 0 Å². The molecule has 1 amide bonds. The molecule has 160 valence electrons. The summed E-state index contributed by atoms with van der Waals surface area (Å²) in [6.07, 6.45) is 5.40. The lowest BCUT2D eigenvalue weighted by atomic mass is 9.98. The van der Waals surface area contributed by atoms with E-state index in [2.05, 4.69) is 17.0 Å². The van der Waals surface area contributed by atoms with Crippen LogP contribution in [0.1, 0.15) is 35.3 Å². The highest BCUT2D eigenvalue weighted by Crippen LogP contribution is 2.33. The number of furan rings is 2.